The quantitative estimate of drug-likeness (QED) is 0.271. The molecule has 11 nitrogen and oxygen atoms in total. The van der Waals surface area contributed by atoms with E-state index in [4.69, 9.17) is 19.9 Å². The van der Waals surface area contributed by atoms with E-state index in [1.165, 1.54) is 20.3 Å². The van der Waals surface area contributed by atoms with Crippen LogP contribution in [0, 0.1) is 11.8 Å². The van der Waals surface area contributed by atoms with Crippen molar-refractivity contribution in [2.75, 3.05) is 20.8 Å². The molecule has 0 aromatic carbocycles. The number of nitrogens with two attached hydrogens (primary N) is 1. The number of carbonyl (C=O) groups is 4. The zero-order valence-corrected chi connectivity index (χ0v) is 25.1. The lowest BCUT2D eigenvalue weighted by atomic mass is 9.85. The van der Waals surface area contributed by atoms with Crippen LogP contribution in [0.5, 0.6) is 0 Å². The second-order valence-electron chi connectivity index (χ2n) is 10.6. The summed E-state index contributed by atoms with van der Waals surface area (Å²) < 4.78 is 16.6. The molecule has 0 spiro atoms. The van der Waals surface area contributed by atoms with E-state index in [9.17, 15) is 24.3 Å². The number of ketones is 2. The first-order valence-corrected chi connectivity index (χ1v) is 13.8. The first-order chi connectivity index (χ1) is 19.8. The van der Waals surface area contributed by atoms with Crippen LogP contribution in [0.4, 0.5) is 4.79 Å². The molecule has 1 aliphatic carbocycles. The number of amides is 2. The Balaban J connectivity index is 2.62. The van der Waals surface area contributed by atoms with Gasteiger partial charge in [-0.2, -0.15) is 0 Å². The van der Waals surface area contributed by atoms with Crippen LogP contribution in [-0.4, -0.2) is 73.9 Å². The van der Waals surface area contributed by atoms with Crippen molar-refractivity contribution >= 4 is 23.6 Å². The van der Waals surface area contributed by atoms with Crippen LogP contribution < -0.4 is 16.4 Å². The van der Waals surface area contributed by atoms with Crippen LogP contribution >= 0.6 is 0 Å². The van der Waals surface area contributed by atoms with Gasteiger partial charge < -0.3 is 35.7 Å². The van der Waals surface area contributed by atoms with Gasteiger partial charge in [0.1, 0.15) is 6.10 Å². The Kier molecular flexibility index (Phi) is 13.1. The Hall–Kier alpha value is -3.80. The number of rotatable bonds is 6. The Labute approximate surface area is 247 Å². The van der Waals surface area contributed by atoms with Gasteiger partial charge in [-0.15, -0.1) is 6.58 Å². The van der Waals surface area contributed by atoms with Crippen molar-refractivity contribution in [1.29, 1.82) is 0 Å². The highest BCUT2D eigenvalue weighted by atomic mass is 16.6. The van der Waals surface area contributed by atoms with Crippen molar-refractivity contribution < 1.29 is 38.5 Å². The Morgan fingerprint density at radius 2 is 1.90 bits per heavy atom. The maximum Gasteiger partial charge on any atom is 0.405 e. The van der Waals surface area contributed by atoms with Gasteiger partial charge in [-0.05, 0) is 38.2 Å². The second-order valence-corrected chi connectivity index (χ2v) is 10.6. The monoisotopic (exact) mass is 585 g/mol. The summed E-state index contributed by atoms with van der Waals surface area (Å²) in [5.41, 5.74) is 6.42. The summed E-state index contributed by atoms with van der Waals surface area (Å²) in [6, 6.07) is 0. The topological polar surface area (TPSA) is 166 Å². The second kappa shape index (κ2) is 16.0. The third kappa shape index (κ3) is 9.10. The molecule has 0 unspecified atom stereocenters. The van der Waals surface area contributed by atoms with Gasteiger partial charge in [0.2, 0.25) is 11.6 Å². The molecular weight excluding hydrogens is 542 g/mol. The van der Waals surface area contributed by atoms with Crippen molar-refractivity contribution in [3.8, 4) is 0 Å². The molecule has 0 saturated carbocycles. The number of Topliss-reactive ketones (excluding diaryl/α,β-unsaturated/α-hetero) is 1. The predicted molar refractivity (Wildman–Crippen MR) is 158 cm³/mol. The highest BCUT2D eigenvalue weighted by Crippen LogP contribution is 2.28. The summed E-state index contributed by atoms with van der Waals surface area (Å²) >= 11 is 0. The molecule has 0 aromatic rings. The standard InChI is InChI=1S/C31H43N3O8/c1-8-12-33-26-21-13-17(2)14-25(41-7)27(36)19(4)15-20(5)29(42-31(32)39)24(40-6)11-9-10-18(3)30(38)34-22(28(21)37)16-23(26)35/h8-11,15-17,19,24-25,27,29,33,36H,1,12-14H2,2-7H3,(H2,32,39)(H,34,38)/b11-9+,18-10-,20-15+/t17-,19-,24-,25-,27+,29+/m0/s1. The molecule has 2 rings (SSSR count). The molecule has 0 radical (unpaired) electrons. The average molecular weight is 586 g/mol. The van der Waals surface area contributed by atoms with Crippen LogP contribution in [0.15, 0.2) is 71.1 Å². The molecule has 42 heavy (non-hydrogen) atoms. The van der Waals surface area contributed by atoms with E-state index in [-0.39, 0.29) is 41.4 Å². The van der Waals surface area contributed by atoms with Gasteiger partial charge in [0.15, 0.2) is 6.10 Å². The molecule has 0 fully saturated rings. The van der Waals surface area contributed by atoms with E-state index >= 15 is 0 Å². The van der Waals surface area contributed by atoms with E-state index in [1.54, 1.807) is 45.1 Å². The maximum absolute atomic E-state index is 13.5. The van der Waals surface area contributed by atoms with Crippen LogP contribution in [0.2, 0.25) is 0 Å². The largest absolute Gasteiger partial charge is 0.439 e. The van der Waals surface area contributed by atoms with Gasteiger partial charge in [0.25, 0.3) is 5.91 Å². The number of allylic oxidation sites excluding steroid dienone is 4. The summed E-state index contributed by atoms with van der Waals surface area (Å²) in [5.74, 6) is -2.14. The predicted octanol–water partition coefficient (Wildman–Crippen LogP) is 2.54. The number of hydrogen-bond donors (Lipinski definition) is 4. The summed E-state index contributed by atoms with van der Waals surface area (Å²) in [6.45, 7) is 10.9. The molecule has 5 N–H and O–H groups in total. The summed E-state index contributed by atoms with van der Waals surface area (Å²) in [6.07, 6.45) is 5.34. The fourth-order valence-electron chi connectivity index (χ4n) is 4.95. The molecule has 0 saturated heterocycles. The number of primary amides is 1. The first kappa shape index (κ1) is 34.4. The number of aliphatic hydroxyl groups is 1. The summed E-state index contributed by atoms with van der Waals surface area (Å²) in [5, 5.41) is 16.7. The number of methoxy groups -OCH3 is 2. The number of aliphatic hydroxyl groups excluding tert-OH is 1. The van der Waals surface area contributed by atoms with E-state index in [1.807, 2.05) is 6.92 Å². The van der Waals surface area contributed by atoms with Gasteiger partial charge in [0, 0.05) is 43.9 Å². The first-order valence-electron chi connectivity index (χ1n) is 13.8. The summed E-state index contributed by atoms with van der Waals surface area (Å²) in [4.78, 5) is 51.3. The number of carbonyl (C=O) groups excluding carboxylic acids is 4. The Bertz CT molecular complexity index is 1210. The highest BCUT2D eigenvalue weighted by Gasteiger charge is 2.33. The lowest BCUT2D eigenvalue weighted by molar-refractivity contribution is -0.120. The van der Waals surface area contributed by atoms with Gasteiger partial charge in [-0.1, -0.05) is 44.2 Å². The van der Waals surface area contributed by atoms with Crippen LogP contribution in [0.25, 0.3) is 0 Å². The number of hydrogen-bond acceptors (Lipinski definition) is 9. The van der Waals surface area contributed by atoms with Gasteiger partial charge >= 0.3 is 6.09 Å². The minimum atomic E-state index is -1.00. The third-order valence-electron chi connectivity index (χ3n) is 7.22. The zero-order chi connectivity index (χ0) is 31.6. The third-order valence-corrected chi connectivity index (χ3v) is 7.22. The lowest BCUT2D eigenvalue weighted by Gasteiger charge is -2.30. The molecular formula is C31H43N3O8. The molecule has 1 heterocycles. The van der Waals surface area contributed by atoms with E-state index in [0.717, 1.165) is 6.08 Å². The van der Waals surface area contributed by atoms with E-state index in [2.05, 4.69) is 17.2 Å². The minimum Gasteiger partial charge on any atom is -0.439 e. The van der Waals surface area contributed by atoms with Crippen LogP contribution in [0.1, 0.15) is 40.5 Å². The maximum atomic E-state index is 13.5. The van der Waals surface area contributed by atoms with E-state index in [0.29, 0.717) is 12.0 Å². The fourth-order valence-corrected chi connectivity index (χ4v) is 4.95. The normalized spacial score (nSPS) is 31.6. The number of nitrogens with one attached hydrogen (secondary N) is 2. The molecule has 6 atom stereocenters. The number of ether oxygens (including phenoxy) is 3. The highest BCUT2D eigenvalue weighted by molar-refractivity contribution is 6.23. The van der Waals surface area contributed by atoms with Crippen LogP contribution in [-0.2, 0) is 28.6 Å². The van der Waals surface area contributed by atoms with Crippen molar-refractivity contribution in [2.24, 2.45) is 17.6 Å². The Morgan fingerprint density at radius 1 is 1.21 bits per heavy atom. The molecule has 2 bridgehead atoms. The zero-order valence-electron chi connectivity index (χ0n) is 25.1. The molecule has 1 aliphatic heterocycles. The van der Waals surface area contributed by atoms with Gasteiger partial charge in [-0.25, -0.2) is 4.79 Å². The smallest absolute Gasteiger partial charge is 0.405 e. The lowest BCUT2D eigenvalue weighted by Crippen LogP contribution is -2.37. The van der Waals surface area contributed by atoms with Crippen molar-refractivity contribution in [2.45, 2.75) is 65.0 Å². The molecule has 2 amide bonds. The summed E-state index contributed by atoms with van der Waals surface area (Å²) in [7, 11) is 2.92. The van der Waals surface area contributed by atoms with Crippen molar-refractivity contribution in [3.05, 3.63) is 71.1 Å². The average Bonchev–Trinajstić information content (AvgIpc) is 2.94. The fraction of sp³-hybridized carbons (Fsp3) is 0.484. The molecule has 2 aliphatic rings. The molecule has 230 valence electrons. The van der Waals surface area contributed by atoms with Crippen molar-refractivity contribution in [3.63, 3.8) is 0 Å². The Morgan fingerprint density at radius 3 is 2.50 bits per heavy atom. The van der Waals surface area contributed by atoms with Crippen LogP contribution in [0.3, 0.4) is 0 Å². The van der Waals surface area contributed by atoms with Gasteiger partial charge in [0.05, 0.1) is 23.6 Å². The number of fused-ring (bicyclic) bond motifs is 2. The molecule has 11 heteroatoms. The van der Waals surface area contributed by atoms with Crippen molar-refractivity contribution in [1.82, 2.24) is 10.6 Å². The SMILES string of the molecule is C=CCNC1=C2C[C@H](C)C[C@H](OC)[C@H](O)[C@@H](C)/C=C(\C)[C@@H](OC(N)=O)[C@@H](OC)/C=C/C=C(/C)C(=O)NC(=CC1=O)C2=O. The van der Waals surface area contributed by atoms with Gasteiger partial charge in [-0.3, -0.25) is 14.4 Å². The minimum absolute atomic E-state index is 0.132. The molecule has 0 aromatic heterocycles. The van der Waals surface area contributed by atoms with E-state index < -0.39 is 53.9 Å².